The average Bonchev–Trinajstić information content (AvgIpc) is 2.02. The van der Waals surface area contributed by atoms with Crippen LogP contribution in [-0.4, -0.2) is 47.6 Å². The van der Waals surface area contributed by atoms with E-state index >= 15 is 0 Å². The van der Waals surface area contributed by atoms with Gasteiger partial charge in [-0.15, -0.1) is 0 Å². The van der Waals surface area contributed by atoms with Crippen LogP contribution in [0.15, 0.2) is 0 Å². The van der Waals surface area contributed by atoms with E-state index in [4.69, 9.17) is 9.84 Å². The Balaban J connectivity index is 3.49. The second-order valence-electron chi connectivity index (χ2n) is 3.68. The van der Waals surface area contributed by atoms with Crippen LogP contribution < -0.4 is 5.32 Å². The van der Waals surface area contributed by atoms with Crippen molar-refractivity contribution in [1.29, 1.82) is 0 Å². The number of carboxylic acid groups (broad SMARTS) is 1. The van der Waals surface area contributed by atoms with Gasteiger partial charge in [0.25, 0.3) is 0 Å². The summed E-state index contributed by atoms with van der Waals surface area (Å²) in [7, 11) is 0. The van der Waals surface area contributed by atoms with Crippen molar-refractivity contribution in [3.63, 3.8) is 0 Å². The van der Waals surface area contributed by atoms with Gasteiger partial charge in [-0.2, -0.15) is 0 Å². The fourth-order valence-electron chi connectivity index (χ4n) is 0.774. The van der Waals surface area contributed by atoms with E-state index in [9.17, 15) is 9.90 Å². The largest absolute Gasteiger partial charge is 0.479 e. The summed E-state index contributed by atoms with van der Waals surface area (Å²) in [6.07, 6.45) is 0.164. The van der Waals surface area contributed by atoms with Gasteiger partial charge in [0.1, 0.15) is 0 Å². The number of aliphatic hydroxyl groups is 1. The minimum Gasteiger partial charge on any atom is -0.479 e. The third kappa shape index (κ3) is 5.90. The van der Waals surface area contributed by atoms with Crippen LogP contribution in [-0.2, 0) is 9.53 Å². The van der Waals surface area contributed by atoms with E-state index in [0.29, 0.717) is 13.2 Å². The lowest BCUT2D eigenvalue weighted by Gasteiger charge is -2.18. The van der Waals surface area contributed by atoms with E-state index in [1.807, 2.05) is 13.8 Å². The Morgan fingerprint density at radius 2 is 2.14 bits per heavy atom. The number of rotatable bonds is 7. The molecule has 14 heavy (non-hydrogen) atoms. The molecule has 0 rings (SSSR count). The predicted octanol–water partition coefficient (Wildman–Crippen LogP) is -0.163. The lowest BCUT2D eigenvalue weighted by atomic mass is 10.1. The molecule has 0 aromatic rings. The molecule has 1 atom stereocenters. The fourth-order valence-corrected chi connectivity index (χ4v) is 0.774. The molecule has 0 aromatic carbocycles. The number of carboxylic acids is 1. The fraction of sp³-hybridized carbons (Fsp3) is 0.889. The highest BCUT2D eigenvalue weighted by Crippen LogP contribution is 2.00. The minimum absolute atomic E-state index is 0.0176. The highest BCUT2D eigenvalue weighted by molar-refractivity contribution is 5.76. The standard InChI is InChI=1S/C9H19NO4/c1-7(2)14-5-4-10-6-9(3,13)8(11)12/h7,10,13H,4-6H2,1-3H3,(H,11,12). The van der Waals surface area contributed by atoms with E-state index in [-0.39, 0.29) is 12.6 Å². The van der Waals surface area contributed by atoms with Gasteiger partial charge in [0.15, 0.2) is 5.60 Å². The molecule has 0 aliphatic heterocycles. The summed E-state index contributed by atoms with van der Waals surface area (Å²) >= 11 is 0. The van der Waals surface area contributed by atoms with Gasteiger partial charge in [-0.3, -0.25) is 0 Å². The molecule has 0 radical (unpaired) electrons. The monoisotopic (exact) mass is 205 g/mol. The van der Waals surface area contributed by atoms with Crippen LogP contribution in [0.1, 0.15) is 20.8 Å². The summed E-state index contributed by atoms with van der Waals surface area (Å²) in [5, 5.41) is 20.7. The van der Waals surface area contributed by atoms with Crippen LogP contribution >= 0.6 is 0 Å². The smallest absolute Gasteiger partial charge is 0.336 e. The molecule has 0 aromatic heterocycles. The number of ether oxygens (including phenoxy) is 1. The van der Waals surface area contributed by atoms with Crippen molar-refractivity contribution in [2.24, 2.45) is 0 Å². The van der Waals surface area contributed by atoms with Crippen molar-refractivity contribution in [2.75, 3.05) is 19.7 Å². The van der Waals surface area contributed by atoms with E-state index < -0.39 is 11.6 Å². The molecule has 1 unspecified atom stereocenters. The van der Waals surface area contributed by atoms with E-state index in [0.717, 1.165) is 0 Å². The number of aliphatic carboxylic acids is 1. The van der Waals surface area contributed by atoms with E-state index in [1.165, 1.54) is 6.92 Å². The summed E-state index contributed by atoms with van der Waals surface area (Å²) in [5.41, 5.74) is -1.71. The average molecular weight is 205 g/mol. The lowest BCUT2D eigenvalue weighted by Crippen LogP contribution is -2.45. The zero-order chi connectivity index (χ0) is 11.2. The first kappa shape index (κ1) is 13.4. The third-order valence-electron chi connectivity index (χ3n) is 1.66. The number of carbonyl (C=O) groups is 1. The van der Waals surface area contributed by atoms with Gasteiger partial charge >= 0.3 is 5.97 Å². The molecule has 5 nitrogen and oxygen atoms in total. The second kappa shape index (κ2) is 5.95. The molecule has 5 heteroatoms. The lowest BCUT2D eigenvalue weighted by molar-refractivity contribution is -0.156. The quantitative estimate of drug-likeness (QED) is 0.503. The third-order valence-corrected chi connectivity index (χ3v) is 1.66. The normalized spacial score (nSPS) is 15.5. The Hall–Kier alpha value is -0.650. The van der Waals surface area contributed by atoms with E-state index in [2.05, 4.69) is 5.32 Å². The van der Waals surface area contributed by atoms with Gasteiger partial charge in [-0.25, -0.2) is 4.79 Å². The predicted molar refractivity (Wildman–Crippen MR) is 52.2 cm³/mol. The number of hydrogen-bond donors (Lipinski definition) is 3. The molecule has 0 fully saturated rings. The molecular weight excluding hydrogens is 186 g/mol. The summed E-state index contributed by atoms with van der Waals surface area (Å²) in [6, 6.07) is 0. The van der Waals surface area contributed by atoms with Gasteiger partial charge in [0.05, 0.1) is 12.7 Å². The van der Waals surface area contributed by atoms with Crippen LogP contribution in [0.2, 0.25) is 0 Å². The van der Waals surface area contributed by atoms with E-state index in [1.54, 1.807) is 0 Å². The summed E-state index contributed by atoms with van der Waals surface area (Å²) in [5.74, 6) is -1.23. The van der Waals surface area contributed by atoms with Gasteiger partial charge in [0.2, 0.25) is 0 Å². The molecule has 0 heterocycles. The molecule has 0 aliphatic carbocycles. The maximum atomic E-state index is 10.5. The Kier molecular flexibility index (Phi) is 5.68. The molecule has 0 bridgehead atoms. The van der Waals surface area contributed by atoms with Crippen molar-refractivity contribution < 1.29 is 19.7 Å². The zero-order valence-corrected chi connectivity index (χ0v) is 8.91. The highest BCUT2D eigenvalue weighted by Gasteiger charge is 2.28. The first-order valence-electron chi connectivity index (χ1n) is 4.64. The van der Waals surface area contributed by atoms with Crippen molar-refractivity contribution >= 4 is 5.97 Å². The number of nitrogens with one attached hydrogen (secondary N) is 1. The molecule has 0 spiro atoms. The van der Waals surface area contributed by atoms with Crippen LogP contribution in [0.3, 0.4) is 0 Å². The van der Waals surface area contributed by atoms with Gasteiger partial charge < -0.3 is 20.3 Å². The van der Waals surface area contributed by atoms with Crippen LogP contribution in [0, 0.1) is 0 Å². The van der Waals surface area contributed by atoms with Crippen molar-refractivity contribution in [3.05, 3.63) is 0 Å². The van der Waals surface area contributed by atoms with Crippen LogP contribution in [0.25, 0.3) is 0 Å². The van der Waals surface area contributed by atoms with Crippen LogP contribution in [0.5, 0.6) is 0 Å². The summed E-state index contributed by atoms with van der Waals surface area (Å²) in [4.78, 5) is 10.5. The Bertz CT molecular complexity index is 180. The molecule has 0 saturated heterocycles. The van der Waals surface area contributed by atoms with Crippen LogP contribution in [0.4, 0.5) is 0 Å². The number of hydrogen-bond acceptors (Lipinski definition) is 4. The highest BCUT2D eigenvalue weighted by atomic mass is 16.5. The molecular formula is C9H19NO4. The molecule has 0 amide bonds. The van der Waals surface area contributed by atoms with Crippen molar-refractivity contribution in [1.82, 2.24) is 5.32 Å². The van der Waals surface area contributed by atoms with Crippen molar-refractivity contribution in [3.8, 4) is 0 Å². The molecule has 0 aliphatic rings. The molecule has 0 saturated carbocycles. The Labute approximate surface area is 84.1 Å². The maximum Gasteiger partial charge on any atom is 0.336 e. The Morgan fingerprint density at radius 1 is 1.57 bits per heavy atom. The summed E-state index contributed by atoms with van der Waals surface area (Å²) in [6.45, 7) is 6.16. The molecule has 84 valence electrons. The van der Waals surface area contributed by atoms with Gasteiger partial charge in [-0.05, 0) is 20.8 Å². The first-order chi connectivity index (χ1) is 6.36. The Morgan fingerprint density at radius 3 is 2.57 bits per heavy atom. The molecule has 3 N–H and O–H groups in total. The van der Waals surface area contributed by atoms with Gasteiger partial charge in [-0.1, -0.05) is 0 Å². The summed E-state index contributed by atoms with van der Waals surface area (Å²) < 4.78 is 5.23. The maximum absolute atomic E-state index is 10.5. The minimum atomic E-state index is -1.71. The van der Waals surface area contributed by atoms with Gasteiger partial charge in [0, 0.05) is 13.1 Å². The second-order valence-corrected chi connectivity index (χ2v) is 3.68. The zero-order valence-electron chi connectivity index (χ0n) is 8.91. The first-order valence-corrected chi connectivity index (χ1v) is 4.64. The SMILES string of the molecule is CC(C)OCCNCC(C)(O)C(=O)O. The topological polar surface area (TPSA) is 78.8 Å². The van der Waals surface area contributed by atoms with Crippen molar-refractivity contribution in [2.45, 2.75) is 32.5 Å².